The molecule has 0 saturated carbocycles. The average molecular weight is 282 g/mol. The van der Waals surface area contributed by atoms with E-state index in [4.69, 9.17) is 0 Å². The molecular weight excluding hydrogens is 274 g/mol. The monoisotopic (exact) mass is 281 g/mol. The summed E-state index contributed by atoms with van der Waals surface area (Å²) in [6.45, 7) is 0. The van der Waals surface area contributed by atoms with Gasteiger partial charge in [-0.2, -0.15) is 0 Å². The van der Waals surface area contributed by atoms with Gasteiger partial charge in [-0.15, -0.1) is 11.3 Å². The van der Waals surface area contributed by atoms with Gasteiger partial charge in [0.2, 0.25) is 0 Å². The van der Waals surface area contributed by atoms with E-state index in [2.05, 4.69) is 20.9 Å². The SMILES string of the molecule is O=Cc1cnc(Cc2ccccc2Br)s1. The maximum atomic E-state index is 10.5. The minimum Gasteiger partial charge on any atom is -0.297 e. The Morgan fingerprint density at radius 2 is 2.20 bits per heavy atom. The zero-order valence-electron chi connectivity index (χ0n) is 7.81. The van der Waals surface area contributed by atoms with Crippen LogP contribution in [-0.4, -0.2) is 11.3 Å². The fraction of sp³-hybridized carbons (Fsp3) is 0.0909. The Bertz CT molecular complexity index is 481. The largest absolute Gasteiger partial charge is 0.297 e. The third kappa shape index (κ3) is 2.52. The van der Waals surface area contributed by atoms with Crippen LogP contribution in [0.15, 0.2) is 34.9 Å². The standard InChI is InChI=1S/C11H8BrNOS/c12-10-4-2-1-3-8(10)5-11-13-6-9(7-14)15-11/h1-4,6-7H,5H2. The van der Waals surface area contributed by atoms with Crippen LogP contribution in [-0.2, 0) is 6.42 Å². The summed E-state index contributed by atoms with van der Waals surface area (Å²) in [6.07, 6.45) is 3.21. The van der Waals surface area contributed by atoms with Gasteiger partial charge in [0.15, 0.2) is 6.29 Å². The van der Waals surface area contributed by atoms with E-state index in [1.54, 1.807) is 6.20 Å². The lowest BCUT2D eigenvalue weighted by Crippen LogP contribution is -1.87. The molecule has 0 aliphatic rings. The summed E-state index contributed by atoms with van der Waals surface area (Å²) in [5.41, 5.74) is 1.18. The van der Waals surface area contributed by atoms with Crippen LogP contribution in [0, 0.1) is 0 Å². The Morgan fingerprint density at radius 3 is 2.87 bits per heavy atom. The number of benzene rings is 1. The Balaban J connectivity index is 2.22. The molecule has 2 nitrogen and oxygen atoms in total. The molecule has 0 bridgehead atoms. The minimum absolute atomic E-state index is 0.678. The fourth-order valence-electron chi connectivity index (χ4n) is 1.27. The highest BCUT2D eigenvalue weighted by atomic mass is 79.9. The Kier molecular flexibility index (Phi) is 3.28. The van der Waals surface area contributed by atoms with Gasteiger partial charge in [-0.25, -0.2) is 4.98 Å². The molecule has 1 aromatic carbocycles. The van der Waals surface area contributed by atoms with E-state index in [1.807, 2.05) is 24.3 Å². The summed E-state index contributed by atoms with van der Waals surface area (Å²) < 4.78 is 1.08. The van der Waals surface area contributed by atoms with Crippen LogP contribution in [0.3, 0.4) is 0 Å². The molecule has 15 heavy (non-hydrogen) atoms. The van der Waals surface area contributed by atoms with Gasteiger partial charge in [-0.05, 0) is 11.6 Å². The highest BCUT2D eigenvalue weighted by Gasteiger charge is 2.04. The molecule has 76 valence electrons. The second-order valence-electron chi connectivity index (χ2n) is 3.04. The van der Waals surface area contributed by atoms with Gasteiger partial charge < -0.3 is 0 Å². The Hall–Kier alpha value is -1.000. The van der Waals surface area contributed by atoms with Crippen molar-refractivity contribution in [2.24, 2.45) is 0 Å². The van der Waals surface area contributed by atoms with Crippen molar-refractivity contribution in [1.29, 1.82) is 0 Å². The van der Waals surface area contributed by atoms with Crippen LogP contribution < -0.4 is 0 Å². The molecular formula is C11H8BrNOS. The topological polar surface area (TPSA) is 30.0 Å². The van der Waals surface area contributed by atoms with E-state index in [0.717, 1.165) is 22.2 Å². The molecule has 0 atom stereocenters. The quantitative estimate of drug-likeness (QED) is 0.808. The third-order valence-electron chi connectivity index (χ3n) is 1.99. The molecule has 1 heterocycles. The number of halogens is 1. The average Bonchev–Trinajstić information content (AvgIpc) is 2.69. The number of nitrogens with zero attached hydrogens (tertiary/aromatic N) is 1. The second-order valence-corrected chi connectivity index (χ2v) is 5.04. The van der Waals surface area contributed by atoms with E-state index < -0.39 is 0 Å². The van der Waals surface area contributed by atoms with Crippen LogP contribution in [0.1, 0.15) is 20.2 Å². The number of aromatic nitrogens is 1. The van der Waals surface area contributed by atoms with Gasteiger partial charge >= 0.3 is 0 Å². The summed E-state index contributed by atoms with van der Waals surface area (Å²) in [6, 6.07) is 8.02. The van der Waals surface area contributed by atoms with Crippen LogP contribution in [0.5, 0.6) is 0 Å². The first-order valence-electron chi connectivity index (χ1n) is 4.43. The smallest absolute Gasteiger partial charge is 0.161 e. The maximum Gasteiger partial charge on any atom is 0.161 e. The molecule has 0 saturated heterocycles. The molecule has 0 aliphatic carbocycles. The fourth-order valence-corrected chi connectivity index (χ4v) is 2.45. The van der Waals surface area contributed by atoms with Crippen molar-refractivity contribution < 1.29 is 4.79 Å². The lowest BCUT2D eigenvalue weighted by Gasteiger charge is -2.00. The summed E-state index contributed by atoms with van der Waals surface area (Å²) in [5, 5.41) is 0.962. The molecule has 0 N–H and O–H groups in total. The minimum atomic E-state index is 0.678. The number of rotatable bonds is 3. The summed E-state index contributed by atoms with van der Waals surface area (Å²) in [4.78, 5) is 15.4. The number of carbonyl (C=O) groups is 1. The Labute approximate surface area is 100 Å². The van der Waals surface area contributed by atoms with Gasteiger partial charge in [0.25, 0.3) is 0 Å². The van der Waals surface area contributed by atoms with Crippen LogP contribution in [0.2, 0.25) is 0 Å². The zero-order valence-corrected chi connectivity index (χ0v) is 10.2. The van der Waals surface area contributed by atoms with Gasteiger partial charge in [0, 0.05) is 17.1 Å². The van der Waals surface area contributed by atoms with Crippen molar-refractivity contribution in [2.75, 3.05) is 0 Å². The molecule has 0 unspecified atom stereocenters. The predicted molar refractivity (Wildman–Crippen MR) is 64.4 cm³/mol. The number of aldehydes is 1. The number of hydrogen-bond acceptors (Lipinski definition) is 3. The molecule has 0 fully saturated rings. The molecule has 0 aliphatic heterocycles. The van der Waals surface area contributed by atoms with E-state index >= 15 is 0 Å². The lowest BCUT2D eigenvalue weighted by molar-refractivity contribution is 0.112. The zero-order chi connectivity index (χ0) is 10.7. The Morgan fingerprint density at radius 1 is 1.40 bits per heavy atom. The first-order valence-corrected chi connectivity index (χ1v) is 6.04. The highest BCUT2D eigenvalue weighted by molar-refractivity contribution is 9.10. The van der Waals surface area contributed by atoms with E-state index in [9.17, 15) is 4.79 Å². The number of hydrogen-bond donors (Lipinski definition) is 0. The van der Waals surface area contributed by atoms with Gasteiger partial charge in [-0.1, -0.05) is 34.1 Å². The van der Waals surface area contributed by atoms with Crippen LogP contribution >= 0.6 is 27.3 Å². The lowest BCUT2D eigenvalue weighted by atomic mass is 10.2. The van der Waals surface area contributed by atoms with E-state index in [1.165, 1.54) is 16.9 Å². The molecule has 4 heteroatoms. The molecule has 2 rings (SSSR count). The number of thiazole rings is 1. The maximum absolute atomic E-state index is 10.5. The summed E-state index contributed by atoms with van der Waals surface area (Å²) in [7, 11) is 0. The van der Waals surface area contributed by atoms with Crippen molar-refractivity contribution in [3.05, 3.63) is 50.4 Å². The molecule has 0 spiro atoms. The van der Waals surface area contributed by atoms with Crippen molar-refractivity contribution >= 4 is 33.6 Å². The molecule has 0 amide bonds. The predicted octanol–water partition coefficient (Wildman–Crippen LogP) is 3.31. The van der Waals surface area contributed by atoms with E-state index in [-0.39, 0.29) is 0 Å². The molecule has 1 aromatic heterocycles. The van der Waals surface area contributed by atoms with Crippen LogP contribution in [0.4, 0.5) is 0 Å². The first-order chi connectivity index (χ1) is 7.29. The normalized spacial score (nSPS) is 10.2. The van der Waals surface area contributed by atoms with Gasteiger partial charge in [-0.3, -0.25) is 4.79 Å². The summed E-state index contributed by atoms with van der Waals surface area (Å²) >= 11 is 4.92. The van der Waals surface area contributed by atoms with Gasteiger partial charge in [0.05, 0.1) is 9.88 Å². The van der Waals surface area contributed by atoms with Crippen molar-refractivity contribution in [2.45, 2.75) is 6.42 Å². The molecule has 0 radical (unpaired) electrons. The van der Waals surface area contributed by atoms with Gasteiger partial charge in [0.1, 0.15) is 0 Å². The third-order valence-corrected chi connectivity index (χ3v) is 3.68. The van der Waals surface area contributed by atoms with E-state index in [0.29, 0.717) is 4.88 Å². The van der Waals surface area contributed by atoms with Crippen molar-refractivity contribution in [3.8, 4) is 0 Å². The second kappa shape index (κ2) is 4.68. The number of carbonyl (C=O) groups excluding carboxylic acids is 1. The van der Waals surface area contributed by atoms with Crippen molar-refractivity contribution in [1.82, 2.24) is 4.98 Å². The van der Waals surface area contributed by atoms with Crippen LogP contribution in [0.25, 0.3) is 0 Å². The molecule has 2 aromatic rings. The highest BCUT2D eigenvalue weighted by Crippen LogP contribution is 2.21. The summed E-state index contributed by atoms with van der Waals surface area (Å²) in [5.74, 6) is 0. The van der Waals surface area contributed by atoms with Crippen molar-refractivity contribution in [3.63, 3.8) is 0 Å². The first kappa shape index (κ1) is 10.5.